The Kier molecular flexibility index (Phi) is 4.87. The largest absolute Gasteiger partial charge is 0.384 e. The van der Waals surface area contributed by atoms with Gasteiger partial charge in [-0.1, -0.05) is 11.8 Å². The van der Waals surface area contributed by atoms with E-state index in [-0.39, 0.29) is 12.5 Å². The summed E-state index contributed by atoms with van der Waals surface area (Å²) in [7, 11) is 1.80. The van der Waals surface area contributed by atoms with Gasteiger partial charge in [0.05, 0.1) is 9.75 Å². The van der Waals surface area contributed by atoms with Gasteiger partial charge in [0, 0.05) is 20.0 Å². The number of hydrogen-bond donors (Lipinski definition) is 2. The van der Waals surface area contributed by atoms with Gasteiger partial charge in [-0.25, -0.2) is 4.98 Å². The first kappa shape index (κ1) is 14.2. The van der Waals surface area contributed by atoms with E-state index in [0.29, 0.717) is 23.7 Å². The summed E-state index contributed by atoms with van der Waals surface area (Å²) in [6.45, 7) is 0.300. The zero-order chi connectivity index (χ0) is 14.4. The molecule has 0 aliphatic rings. The van der Waals surface area contributed by atoms with Crippen LogP contribution in [0.5, 0.6) is 0 Å². The number of aliphatic hydroxyl groups is 1. The van der Waals surface area contributed by atoms with Gasteiger partial charge in [0.15, 0.2) is 5.82 Å². The van der Waals surface area contributed by atoms with Crippen LogP contribution >= 0.6 is 11.3 Å². The molecule has 0 saturated heterocycles. The maximum atomic E-state index is 11.9. The lowest BCUT2D eigenvalue weighted by Gasteiger charge is -2.00. The summed E-state index contributed by atoms with van der Waals surface area (Å²) in [5, 5.41) is 15.6. The van der Waals surface area contributed by atoms with Gasteiger partial charge in [-0.15, -0.1) is 11.3 Å². The first-order chi connectivity index (χ1) is 9.69. The van der Waals surface area contributed by atoms with Crippen molar-refractivity contribution in [1.29, 1.82) is 0 Å². The van der Waals surface area contributed by atoms with Crippen LogP contribution in [-0.2, 0) is 13.5 Å². The highest BCUT2D eigenvalue weighted by atomic mass is 32.1. The van der Waals surface area contributed by atoms with Gasteiger partial charge < -0.3 is 10.4 Å². The second kappa shape index (κ2) is 6.84. The number of hydrogen-bond acceptors (Lipinski definition) is 5. The number of carbonyl (C=O) groups is 1. The topological polar surface area (TPSA) is 80.0 Å². The molecule has 0 aromatic carbocycles. The van der Waals surface area contributed by atoms with Crippen LogP contribution in [0.1, 0.15) is 20.4 Å². The van der Waals surface area contributed by atoms with Crippen molar-refractivity contribution in [2.24, 2.45) is 7.05 Å². The Bertz CT molecular complexity index is 651. The third-order valence-corrected chi connectivity index (χ3v) is 3.40. The van der Waals surface area contributed by atoms with Crippen LogP contribution in [0.3, 0.4) is 0 Å². The van der Waals surface area contributed by atoms with Crippen LogP contribution in [0.2, 0.25) is 0 Å². The Balaban J connectivity index is 1.84. The molecule has 6 nitrogen and oxygen atoms in total. The fourth-order valence-corrected chi connectivity index (χ4v) is 2.32. The molecule has 2 heterocycles. The minimum Gasteiger partial charge on any atom is -0.384 e. The molecule has 0 saturated carbocycles. The van der Waals surface area contributed by atoms with Gasteiger partial charge in [-0.2, -0.15) is 5.10 Å². The number of thiophene rings is 1. The van der Waals surface area contributed by atoms with Gasteiger partial charge in [0.1, 0.15) is 12.9 Å². The molecular weight excluding hydrogens is 276 g/mol. The number of nitrogens with one attached hydrogen (secondary N) is 1. The lowest BCUT2D eigenvalue weighted by atomic mass is 10.3. The van der Waals surface area contributed by atoms with Crippen LogP contribution in [-0.4, -0.2) is 38.9 Å². The van der Waals surface area contributed by atoms with Crippen LogP contribution in [0.4, 0.5) is 0 Å². The molecule has 7 heteroatoms. The number of aromatic nitrogens is 3. The monoisotopic (exact) mass is 290 g/mol. The molecule has 0 radical (unpaired) electrons. The lowest BCUT2D eigenvalue weighted by Crippen LogP contribution is -2.25. The standard InChI is InChI=1S/C13H14N4O2S/c1-17-9-15-12(16-17)6-7-14-13(19)11-5-4-10(20-11)3-2-8-18/h4-5,9,18H,6-8H2,1H3,(H,14,19). The van der Waals surface area contributed by atoms with Crippen molar-refractivity contribution in [3.05, 3.63) is 34.0 Å². The first-order valence-corrected chi connectivity index (χ1v) is 6.83. The molecule has 104 valence electrons. The fraction of sp³-hybridized carbons (Fsp3) is 0.308. The highest BCUT2D eigenvalue weighted by Gasteiger charge is 2.08. The van der Waals surface area contributed by atoms with Gasteiger partial charge in [-0.05, 0) is 12.1 Å². The van der Waals surface area contributed by atoms with Crippen LogP contribution in [0, 0.1) is 11.8 Å². The van der Waals surface area contributed by atoms with Crippen LogP contribution < -0.4 is 5.32 Å². The van der Waals surface area contributed by atoms with Crippen molar-refractivity contribution in [3.8, 4) is 11.8 Å². The molecular formula is C13H14N4O2S. The Morgan fingerprint density at radius 3 is 3.10 bits per heavy atom. The summed E-state index contributed by atoms with van der Waals surface area (Å²) in [6, 6.07) is 3.49. The second-order valence-corrected chi connectivity index (χ2v) is 5.05. The van der Waals surface area contributed by atoms with Gasteiger partial charge in [0.2, 0.25) is 0 Å². The molecule has 0 aliphatic heterocycles. The SMILES string of the molecule is Cn1cnc(CCNC(=O)c2ccc(C#CCO)s2)n1. The summed E-state index contributed by atoms with van der Waals surface area (Å²) in [5.41, 5.74) is 0. The molecule has 0 fully saturated rings. The molecule has 0 atom stereocenters. The van der Waals surface area contributed by atoms with E-state index < -0.39 is 0 Å². The smallest absolute Gasteiger partial charge is 0.261 e. The molecule has 20 heavy (non-hydrogen) atoms. The third kappa shape index (κ3) is 3.91. The van der Waals surface area contributed by atoms with Gasteiger partial charge >= 0.3 is 0 Å². The van der Waals surface area contributed by atoms with E-state index in [4.69, 9.17) is 5.11 Å². The molecule has 0 bridgehead atoms. The van der Waals surface area contributed by atoms with E-state index in [1.54, 1.807) is 30.2 Å². The Hall–Kier alpha value is -2.17. The first-order valence-electron chi connectivity index (χ1n) is 6.01. The number of aliphatic hydroxyl groups excluding tert-OH is 1. The Morgan fingerprint density at radius 1 is 1.55 bits per heavy atom. The molecule has 2 aromatic rings. The van der Waals surface area contributed by atoms with Crippen molar-refractivity contribution in [3.63, 3.8) is 0 Å². The number of rotatable bonds is 4. The van der Waals surface area contributed by atoms with Crippen molar-refractivity contribution in [2.75, 3.05) is 13.2 Å². The number of amides is 1. The quantitative estimate of drug-likeness (QED) is 0.788. The molecule has 2 aromatic heterocycles. The van der Waals surface area contributed by atoms with Crippen LogP contribution in [0.25, 0.3) is 0 Å². The van der Waals surface area contributed by atoms with E-state index >= 15 is 0 Å². The van der Waals surface area contributed by atoms with Gasteiger partial charge in [-0.3, -0.25) is 9.48 Å². The van der Waals surface area contributed by atoms with Gasteiger partial charge in [0.25, 0.3) is 5.91 Å². The van der Waals surface area contributed by atoms with Crippen molar-refractivity contribution in [1.82, 2.24) is 20.1 Å². The minimum atomic E-state index is -0.184. The third-order valence-electron chi connectivity index (χ3n) is 2.40. The molecule has 0 aliphatic carbocycles. The average Bonchev–Trinajstić information content (AvgIpc) is 3.05. The minimum absolute atomic E-state index is 0.136. The number of nitrogens with zero attached hydrogens (tertiary/aromatic N) is 3. The molecule has 1 amide bonds. The summed E-state index contributed by atoms with van der Waals surface area (Å²) >= 11 is 1.30. The van der Waals surface area contributed by atoms with E-state index in [1.807, 2.05) is 0 Å². The second-order valence-electron chi connectivity index (χ2n) is 3.96. The van der Waals surface area contributed by atoms with E-state index in [2.05, 4.69) is 27.2 Å². The summed E-state index contributed by atoms with van der Waals surface area (Å²) in [4.78, 5) is 17.3. The predicted octanol–water partition coefficient (Wildman–Crippen LogP) is 0.193. The van der Waals surface area contributed by atoms with E-state index in [9.17, 15) is 4.79 Å². The Labute approximate surface area is 120 Å². The van der Waals surface area contributed by atoms with Crippen molar-refractivity contribution < 1.29 is 9.90 Å². The zero-order valence-corrected chi connectivity index (χ0v) is 11.8. The molecule has 0 unspecified atom stereocenters. The number of carbonyl (C=O) groups excluding carboxylic acids is 1. The zero-order valence-electron chi connectivity index (χ0n) is 11.0. The Morgan fingerprint density at radius 2 is 2.40 bits per heavy atom. The summed E-state index contributed by atoms with van der Waals surface area (Å²) in [5.74, 6) is 5.89. The van der Waals surface area contributed by atoms with Crippen molar-refractivity contribution >= 4 is 17.2 Å². The molecule has 2 rings (SSSR count). The fourth-order valence-electron chi connectivity index (χ4n) is 1.53. The summed E-state index contributed by atoms with van der Waals surface area (Å²) in [6.07, 6.45) is 2.22. The summed E-state index contributed by atoms with van der Waals surface area (Å²) < 4.78 is 1.63. The van der Waals surface area contributed by atoms with E-state index in [1.165, 1.54) is 11.3 Å². The van der Waals surface area contributed by atoms with Crippen molar-refractivity contribution in [2.45, 2.75) is 6.42 Å². The normalized spacial score (nSPS) is 9.90. The average molecular weight is 290 g/mol. The van der Waals surface area contributed by atoms with E-state index in [0.717, 1.165) is 4.88 Å². The molecule has 2 N–H and O–H groups in total. The maximum Gasteiger partial charge on any atom is 0.261 e. The molecule has 0 spiro atoms. The predicted molar refractivity (Wildman–Crippen MR) is 75.3 cm³/mol. The highest BCUT2D eigenvalue weighted by molar-refractivity contribution is 7.14. The highest BCUT2D eigenvalue weighted by Crippen LogP contribution is 2.15. The lowest BCUT2D eigenvalue weighted by molar-refractivity contribution is 0.0958. The maximum absolute atomic E-state index is 11.9. The number of aryl methyl sites for hydroxylation is 1. The van der Waals surface area contributed by atoms with Crippen LogP contribution in [0.15, 0.2) is 18.5 Å².